The third-order valence-corrected chi connectivity index (χ3v) is 4.03. The van der Waals surface area contributed by atoms with Crippen molar-refractivity contribution in [3.05, 3.63) is 22.8 Å². The number of hydrogen-bond acceptors (Lipinski definition) is 3. The van der Waals surface area contributed by atoms with Crippen LogP contribution in [0.2, 0.25) is 5.02 Å². The van der Waals surface area contributed by atoms with E-state index in [0.29, 0.717) is 0 Å². The first-order valence-corrected chi connectivity index (χ1v) is 7.05. The smallest absolute Gasteiger partial charge is 0.126 e. The molecule has 3 nitrogen and oxygen atoms in total. The molecule has 0 amide bonds. The molecule has 0 saturated carbocycles. The number of nitrogens with zero attached hydrogens (tertiary/aromatic N) is 2. The third-order valence-electron chi connectivity index (χ3n) is 3.69. The van der Waals surface area contributed by atoms with Gasteiger partial charge in [-0.1, -0.05) is 11.6 Å². The lowest BCUT2D eigenvalue weighted by molar-refractivity contribution is 0.164. The Hall–Kier alpha value is -0.800. The summed E-state index contributed by atoms with van der Waals surface area (Å²) in [5.74, 6) is 0.911. The van der Waals surface area contributed by atoms with E-state index in [1.165, 1.54) is 12.8 Å². The molecule has 0 aliphatic carbocycles. The summed E-state index contributed by atoms with van der Waals surface area (Å²) >= 11 is 6.25. The van der Waals surface area contributed by atoms with Crippen LogP contribution in [0.25, 0.3) is 0 Å². The fourth-order valence-electron chi connectivity index (χ4n) is 2.51. The highest BCUT2D eigenvalue weighted by atomic mass is 35.5. The molecule has 0 bridgehead atoms. The molecule has 2 rings (SSSR count). The number of halogens is 1. The molecule has 0 atom stereocenters. The van der Waals surface area contributed by atoms with Crippen molar-refractivity contribution in [2.45, 2.75) is 45.7 Å². The van der Waals surface area contributed by atoms with Gasteiger partial charge >= 0.3 is 0 Å². The van der Waals surface area contributed by atoms with E-state index >= 15 is 0 Å². The second-order valence-corrected chi connectivity index (χ2v) is 5.90. The van der Waals surface area contributed by atoms with Gasteiger partial charge in [0.15, 0.2) is 0 Å². The van der Waals surface area contributed by atoms with E-state index in [4.69, 9.17) is 11.6 Å². The van der Waals surface area contributed by atoms with Crippen molar-refractivity contribution in [3.8, 4) is 0 Å². The summed E-state index contributed by atoms with van der Waals surface area (Å²) in [5, 5.41) is 4.00. The highest BCUT2D eigenvalue weighted by Gasteiger charge is 2.32. The zero-order chi connectivity index (χ0) is 13.2. The molecule has 1 aromatic heterocycles. The van der Waals surface area contributed by atoms with E-state index in [-0.39, 0.29) is 5.54 Å². The van der Waals surface area contributed by atoms with E-state index in [1.807, 2.05) is 12.1 Å². The summed E-state index contributed by atoms with van der Waals surface area (Å²) in [4.78, 5) is 7.08. The molecule has 0 spiro atoms. The van der Waals surface area contributed by atoms with E-state index in [2.05, 4.69) is 36.0 Å². The lowest BCUT2D eigenvalue weighted by atomic mass is 10.0. The number of pyridine rings is 1. The van der Waals surface area contributed by atoms with Crippen molar-refractivity contribution >= 4 is 17.4 Å². The molecule has 2 heterocycles. The van der Waals surface area contributed by atoms with Crippen LogP contribution < -0.4 is 5.32 Å². The summed E-state index contributed by atoms with van der Waals surface area (Å²) in [7, 11) is 0. The summed E-state index contributed by atoms with van der Waals surface area (Å²) in [6.45, 7) is 9.51. The van der Waals surface area contributed by atoms with Crippen molar-refractivity contribution in [1.29, 1.82) is 0 Å². The lowest BCUT2D eigenvalue weighted by Gasteiger charge is -2.31. The first-order chi connectivity index (χ1) is 8.53. The molecule has 1 aliphatic heterocycles. The van der Waals surface area contributed by atoms with Crippen molar-refractivity contribution in [1.82, 2.24) is 9.88 Å². The van der Waals surface area contributed by atoms with Gasteiger partial charge in [0.25, 0.3) is 0 Å². The van der Waals surface area contributed by atoms with Gasteiger partial charge in [0, 0.05) is 18.6 Å². The number of hydrogen-bond donors (Lipinski definition) is 1. The molecular formula is C14H22ClN3. The number of aromatic nitrogens is 1. The van der Waals surface area contributed by atoms with Crippen LogP contribution >= 0.6 is 11.6 Å². The third kappa shape index (κ3) is 2.96. The highest BCUT2D eigenvalue weighted by Crippen LogP contribution is 2.31. The van der Waals surface area contributed by atoms with Gasteiger partial charge in [0.2, 0.25) is 0 Å². The van der Waals surface area contributed by atoms with Gasteiger partial charge in [-0.3, -0.25) is 4.90 Å². The van der Waals surface area contributed by atoms with Crippen LogP contribution in [-0.2, 0) is 6.54 Å². The molecule has 18 heavy (non-hydrogen) atoms. The number of nitrogens with one attached hydrogen (secondary N) is 1. The molecule has 1 N–H and O–H groups in total. The Morgan fingerprint density at radius 3 is 2.83 bits per heavy atom. The fraction of sp³-hybridized carbons (Fsp3) is 0.643. The Bertz CT molecular complexity index is 418. The van der Waals surface area contributed by atoms with E-state index in [9.17, 15) is 0 Å². The Morgan fingerprint density at radius 2 is 2.22 bits per heavy atom. The summed E-state index contributed by atoms with van der Waals surface area (Å²) in [6.07, 6.45) is 2.51. The molecule has 1 saturated heterocycles. The van der Waals surface area contributed by atoms with Gasteiger partial charge < -0.3 is 5.32 Å². The predicted molar refractivity (Wildman–Crippen MR) is 77.1 cm³/mol. The number of anilines is 1. The zero-order valence-corrected chi connectivity index (χ0v) is 12.2. The van der Waals surface area contributed by atoms with Crippen LogP contribution in [0.4, 0.5) is 5.82 Å². The summed E-state index contributed by atoms with van der Waals surface area (Å²) in [5.41, 5.74) is 1.24. The molecule has 100 valence electrons. The fourth-order valence-corrected chi connectivity index (χ4v) is 2.68. The van der Waals surface area contributed by atoms with Crippen LogP contribution in [0.15, 0.2) is 12.1 Å². The van der Waals surface area contributed by atoms with Gasteiger partial charge in [-0.25, -0.2) is 4.98 Å². The van der Waals surface area contributed by atoms with Gasteiger partial charge in [-0.2, -0.15) is 0 Å². The standard InChI is InChI=1S/C14H22ClN3/c1-4-16-13-7-6-11(15)12(17-13)10-18-9-5-8-14(18,2)3/h6-7H,4-5,8-10H2,1-3H3,(H,16,17). The summed E-state index contributed by atoms with van der Waals surface area (Å²) < 4.78 is 0. The van der Waals surface area contributed by atoms with Crippen LogP contribution in [-0.4, -0.2) is 28.5 Å². The van der Waals surface area contributed by atoms with Gasteiger partial charge in [-0.15, -0.1) is 0 Å². The second kappa shape index (κ2) is 5.45. The average Bonchev–Trinajstić information content (AvgIpc) is 2.63. The van der Waals surface area contributed by atoms with Crippen molar-refractivity contribution in [2.75, 3.05) is 18.4 Å². The Balaban J connectivity index is 2.15. The van der Waals surface area contributed by atoms with Crippen molar-refractivity contribution in [2.24, 2.45) is 0 Å². The maximum Gasteiger partial charge on any atom is 0.126 e. The Morgan fingerprint density at radius 1 is 1.44 bits per heavy atom. The molecule has 0 radical (unpaired) electrons. The minimum absolute atomic E-state index is 0.263. The summed E-state index contributed by atoms with van der Waals surface area (Å²) in [6, 6.07) is 3.87. The van der Waals surface area contributed by atoms with E-state index in [1.54, 1.807) is 0 Å². The van der Waals surface area contributed by atoms with Crippen LogP contribution in [0.5, 0.6) is 0 Å². The molecule has 4 heteroatoms. The minimum atomic E-state index is 0.263. The van der Waals surface area contributed by atoms with Crippen molar-refractivity contribution in [3.63, 3.8) is 0 Å². The second-order valence-electron chi connectivity index (χ2n) is 5.49. The highest BCUT2D eigenvalue weighted by molar-refractivity contribution is 6.31. The van der Waals surface area contributed by atoms with Crippen LogP contribution in [0.1, 0.15) is 39.3 Å². The van der Waals surface area contributed by atoms with Gasteiger partial charge in [0.05, 0.1) is 10.7 Å². The molecule has 0 aromatic carbocycles. The SMILES string of the molecule is CCNc1ccc(Cl)c(CN2CCCC2(C)C)n1. The zero-order valence-electron chi connectivity index (χ0n) is 11.5. The minimum Gasteiger partial charge on any atom is -0.370 e. The van der Waals surface area contributed by atoms with Crippen LogP contribution in [0, 0.1) is 0 Å². The molecular weight excluding hydrogens is 246 g/mol. The number of rotatable bonds is 4. The van der Waals surface area contributed by atoms with E-state index in [0.717, 1.165) is 36.2 Å². The Kier molecular flexibility index (Phi) is 4.13. The predicted octanol–water partition coefficient (Wildman–Crippen LogP) is 3.54. The van der Waals surface area contributed by atoms with Crippen LogP contribution in [0.3, 0.4) is 0 Å². The molecule has 1 aromatic rings. The molecule has 1 aliphatic rings. The molecule has 1 fully saturated rings. The first kappa shape index (κ1) is 13.6. The normalized spacial score (nSPS) is 19.1. The topological polar surface area (TPSA) is 28.2 Å². The van der Waals surface area contributed by atoms with Gasteiger partial charge in [-0.05, 0) is 52.3 Å². The maximum atomic E-state index is 6.25. The molecule has 0 unspecified atom stereocenters. The average molecular weight is 268 g/mol. The lowest BCUT2D eigenvalue weighted by Crippen LogP contribution is -2.37. The largest absolute Gasteiger partial charge is 0.370 e. The van der Waals surface area contributed by atoms with Gasteiger partial charge in [0.1, 0.15) is 5.82 Å². The van der Waals surface area contributed by atoms with E-state index < -0.39 is 0 Å². The monoisotopic (exact) mass is 267 g/mol. The first-order valence-electron chi connectivity index (χ1n) is 6.67. The number of likely N-dealkylation sites (tertiary alicyclic amines) is 1. The Labute approximate surface area is 115 Å². The quantitative estimate of drug-likeness (QED) is 0.904. The van der Waals surface area contributed by atoms with Crippen molar-refractivity contribution < 1.29 is 0 Å². The maximum absolute atomic E-state index is 6.25.